The van der Waals surface area contributed by atoms with Gasteiger partial charge in [0.2, 0.25) is 15.8 Å². The molecule has 0 aliphatic rings. The summed E-state index contributed by atoms with van der Waals surface area (Å²) < 4.78 is 42.9. The zero-order valence-electron chi connectivity index (χ0n) is 18.9. The normalized spacial score (nSPS) is 12.4. The fraction of sp³-hybridized carbons (Fsp3) is 0.227. The number of nitrogens with zero attached hydrogens (tertiary/aromatic N) is 5. The van der Waals surface area contributed by atoms with Crippen molar-refractivity contribution in [2.45, 2.75) is 18.4 Å². The number of fused-ring (bicyclic) bond motifs is 1. The Balaban J connectivity index is 0.00000324. The van der Waals surface area contributed by atoms with E-state index in [4.69, 9.17) is 5.73 Å². The fourth-order valence-corrected chi connectivity index (χ4v) is 4.79. The van der Waals surface area contributed by atoms with Gasteiger partial charge in [0.25, 0.3) is 0 Å². The SMILES string of the molecule is Cc1c(-c2cccc(S(=O)(=O)N(C)C)c2)c2cc(-c3nn[nH]n3)ccc2n1C/C(F)=C/CN.Cl. The molecule has 0 aliphatic heterocycles. The average Bonchev–Trinajstić information content (AvgIpc) is 3.41. The van der Waals surface area contributed by atoms with Crippen LogP contribution in [0.25, 0.3) is 33.4 Å². The molecule has 0 aliphatic carbocycles. The van der Waals surface area contributed by atoms with Crippen molar-refractivity contribution in [1.82, 2.24) is 29.5 Å². The Kier molecular flexibility index (Phi) is 7.51. The molecule has 2 aromatic heterocycles. The Hall–Kier alpha value is -3.12. The second kappa shape index (κ2) is 10.0. The summed E-state index contributed by atoms with van der Waals surface area (Å²) in [5.41, 5.74) is 9.28. The molecule has 0 atom stereocenters. The van der Waals surface area contributed by atoms with E-state index in [0.717, 1.165) is 27.7 Å². The van der Waals surface area contributed by atoms with Crippen LogP contribution in [0.15, 0.2) is 59.3 Å². The van der Waals surface area contributed by atoms with Crippen LogP contribution in [0.4, 0.5) is 4.39 Å². The smallest absolute Gasteiger partial charge is 0.242 e. The second-order valence-corrected chi connectivity index (χ2v) is 9.87. The molecule has 0 radical (unpaired) electrons. The number of nitrogens with one attached hydrogen (secondary N) is 1. The van der Waals surface area contributed by atoms with Crippen LogP contribution in [0.5, 0.6) is 0 Å². The van der Waals surface area contributed by atoms with Gasteiger partial charge in [0.05, 0.1) is 11.4 Å². The molecule has 0 bridgehead atoms. The minimum Gasteiger partial charge on any atom is -0.337 e. The quantitative estimate of drug-likeness (QED) is 0.397. The highest BCUT2D eigenvalue weighted by Crippen LogP contribution is 2.38. The molecular weight excluding hydrogens is 481 g/mol. The highest BCUT2D eigenvalue weighted by Gasteiger charge is 2.21. The predicted molar refractivity (Wildman–Crippen MR) is 132 cm³/mol. The van der Waals surface area contributed by atoms with E-state index in [1.54, 1.807) is 18.2 Å². The lowest BCUT2D eigenvalue weighted by atomic mass is 10.0. The Labute approximate surface area is 202 Å². The summed E-state index contributed by atoms with van der Waals surface area (Å²) in [5, 5.41) is 15.0. The maximum atomic E-state index is 14.5. The summed E-state index contributed by atoms with van der Waals surface area (Å²) in [6.07, 6.45) is 1.34. The number of sulfonamides is 1. The number of hydrogen-bond donors (Lipinski definition) is 2. The zero-order chi connectivity index (χ0) is 23.8. The number of aromatic amines is 1. The summed E-state index contributed by atoms with van der Waals surface area (Å²) in [5.74, 6) is 0.0710. The lowest BCUT2D eigenvalue weighted by Crippen LogP contribution is -2.22. The van der Waals surface area contributed by atoms with Crippen LogP contribution in [-0.4, -0.2) is 58.6 Å². The van der Waals surface area contributed by atoms with E-state index in [9.17, 15) is 12.8 Å². The van der Waals surface area contributed by atoms with Gasteiger partial charge in [-0.1, -0.05) is 12.1 Å². The summed E-state index contributed by atoms with van der Waals surface area (Å²) in [4.78, 5) is 0.175. The molecule has 3 N–H and O–H groups in total. The summed E-state index contributed by atoms with van der Waals surface area (Å²) in [6, 6.07) is 12.3. The number of benzene rings is 2. The van der Waals surface area contributed by atoms with Crippen molar-refractivity contribution in [1.29, 1.82) is 0 Å². The molecule has 180 valence electrons. The first-order valence-corrected chi connectivity index (χ1v) is 11.6. The Morgan fingerprint density at radius 1 is 1.21 bits per heavy atom. The first kappa shape index (κ1) is 25.5. The molecule has 12 heteroatoms. The number of hydrogen-bond acceptors (Lipinski definition) is 6. The van der Waals surface area contributed by atoms with E-state index >= 15 is 0 Å². The number of nitrogens with two attached hydrogens (primary N) is 1. The van der Waals surface area contributed by atoms with Crippen LogP contribution in [0.1, 0.15) is 5.69 Å². The molecule has 2 aromatic carbocycles. The van der Waals surface area contributed by atoms with Gasteiger partial charge in [-0.2, -0.15) is 5.21 Å². The first-order chi connectivity index (χ1) is 15.7. The molecule has 0 amide bonds. The standard InChI is InChI=1S/C22H24FN7O2S.ClH/c1-14-21(15-5-4-6-18(11-15)33(31,32)29(2)3)19-12-16(22-25-27-28-26-22)7-8-20(19)30(14)13-17(23)9-10-24;/h4-9,11-12H,10,13,24H2,1-3H3,(H,25,26,27,28);1H/b17-9-;. The number of H-pyrrole nitrogens is 1. The van der Waals surface area contributed by atoms with Gasteiger partial charge in [0, 0.05) is 48.4 Å². The van der Waals surface area contributed by atoms with Crippen LogP contribution in [0, 0.1) is 6.92 Å². The number of tetrazole rings is 1. The number of allylic oxidation sites excluding steroid dienone is 1. The van der Waals surface area contributed by atoms with Gasteiger partial charge < -0.3 is 10.3 Å². The lowest BCUT2D eigenvalue weighted by Gasteiger charge is -2.13. The molecule has 2 heterocycles. The maximum Gasteiger partial charge on any atom is 0.242 e. The molecule has 9 nitrogen and oxygen atoms in total. The summed E-state index contributed by atoms with van der Waals surface area (Å²) in [7, 11) is -0.648. The Bertz CT molecular complexity index is 1450. The maximum absolute atomic E-state index is 14.5. The lowest BCUT2D eigenvalue weighted by molar-refractivity contribution is 0.521. The zero-order valence-corrected chi connectivity index (χ0v) is 20.5. The van der Waals surface area contributed by atoms with Crippen molar-refractivity contribution in [3.8, 4) is 22.5 Å². The molecule has 4 rings (SSSR count). The van der Waals surface area contributed by atoms with Gasteiger partial charge in [0.1, 0.15) is 5.83 Å². The number of rotatable bonds is 7. The third-order valence-electron chi connectivity index (χ3n) is 5.48. The molecule has 34 heavy (non-hydrogen) atoms. The number of halogens is 2. The Morgan fingerprint density at radius 3 is 2.62 bits per heavy atom. The van der Waals surface area contributed by atoms with Crippen molar-refractivity contribution < 1.29 is 12.8 Å². The molecule has 0 saturated heterocycles. The van der Waals surface area contributed by atoms with Gasteiger partial charge in [-0.05, 0) is 54.1 Å². The van der Waals surface area contributed by atoms with Gasteiger partial charge in [-0.3, -0.25) is 0 Å². The average molecular weight is 506 g/mol. The monoisotopic (exact) mass is 505 g/mol. The van der Waals surface area contributed by atoms with Crippen molar-refractivity contribution in [3.05, 3.63) is 60.1 Å². The Morgan fingerprint density at radius 2 is 1.97 bits per heavy atom. The molecule has 0 saturated carbocycles. The molecule has 4 aromatic rings. The third-order valence-corrected chi connectivity index (χ3v) is 7.29. The van der Waals surface area contributed by atoms with Gasteiger partial charge in [-0.25, -0.2) is 17.1 Å². The highest BCUT2D eigenvalue weighted by molar-refractivity contribution is 7.89. The van der Waals surface area contributed by atoms with Crippen LogP contribution in [-0.2, 0) is 16.6 Å². The van der Waals surface area contributed by atoms with E-state index in [1.165, 1.54) is 24.5 Å². The fourth-order valence-electron chi connectivity index (χ4n) is 3.84. The van der Waals surface area contributed by atoms with Gasteiger partial charge in [-0.15, -0.1) is 22.6 Å². The van der Waals surface area contributed by atoms with Crippen LogP contribution in [0.3, 0.4) is 0 Å². The molecule has 0 unspecified atom stereocenters. The van der Waals surface area contributed by atoms with Crippen molar-refractivity contribution in [2.75, 3.05) is 20.6 Å². The van der Waals surface area contributed by atoms with Crippen LogP contribution in [0.2, 0.25) is 0 Å². The minimum atomic E-state index is -3.63. The second-order valence-electron chi connectivity index (χ2n) is 7.72. The summed E-state index contributed by atoms with van der Waals surface area (Å²) >= 11 is 0. The van der Waals surface area contributed by atoms with Crippen LogP contribution >= 0.6 is 12.4 Å². The highest BCUT2D eigenvalue weighted by atomic mass is 35.5. The van der Waals surface area contributed by atoms with E-state index < -0.39 is 10.0 Å². The predicted octanol–water partition coefficient (Wildman–Crippen LogP) is 3.28. The van der Waals surface area contributed by atoms with E-state index in [0.29, 0.717) is 11.4 Å². The topological polar surface area (TPSA) is 123 Å². The number of aromatic nitrogens is 5. The third kappa shape index (κ3) is 4.60. The van der Waals surface area contributed by atoms with E-state index in [1.807, 2.05) is 35.8 Å². The largest absolute Gasteiger partial charge is 0.337 e. The van der Waals surface area contributed by atoms with E-state index in [2.05, 4.69) is 20.6 Å². The molecular formula is C22H25ClFN7O2S. The molecule has 0 spiro atoms. The minimum absolute atomic E-state index is 0. The molecule has 0 fully saturated rings. The van der Waals surface area contributed by atoms with Gasteiger partial charge in [0.15, 0.2) is 0 Å². The van der Waals surface area contributed by atoms with E-state index in [-0.39, 0.29) is 36.2 Å². The van der Waals surface area contributed by atoms with Crippen molar-refractivity contribution >= 4 is 33.3 Å². The summed E-state index contributed by atoms with van der Waals surface area (Å²) in [6.45, 7) is 1.99. The van der Waals surface area contributed by atoms with Crippen LogP contribution < -0.4 is 5.73 Å². The van der Waals surface area contributed by atoms with Gasteiger partial charge >= 0.3 is 0 Å². The van der Waals surface area contributed by atoms with Crippen molar-refractivity contribution in [3.63, 3.8) is 0 Å². The van der Waals surface area contributed by atoms with Crippen molar-refractivity contribution in [2.24, 2.45) is 5.73 Å². The first-order valence-electron chi connectivity index (χ1n) is 10.2.